The van der Waals surface area contributed by atoms with Gasteiger partial charge in [-0.25, -0.2) is 0 Å². The zero-order valence-electron chi connectivity index (χ0n) is 15.6. The first-order valence-corrected chi connectivity index (χ1v) is 9.84. The molecule has 0 radical (unpaired) electrons. The van der Waals surface area contributed by atoms with Crippen molar-refractivity contribution in [2.45, 2.75) is 71.8 Å². The summed E-state index contributed by atoms with van der Waals surface area (Å²) in [5.41, 5.74) is 2.41. The number of hydrogen-bond donors (Lipinski definition) is 0. The number of nitrogens with zero attached hydrogens (tertiary/aromatic N) is 1. The average molecular weight is 325 g/mol. The molecule has 24 heavy (non-hydrogen) atoms. The van der Waals surface area contributed by atoms with E-state index in [0.29, 0.717) is 23.7 Å². The number of rotatable bonds is 1. The Morgan fingerprint density at radius 1 is 1.00 bits per heavy atom. The number of benzene rings is 1. The van der Waals surface area contributed by atoms with Crippen molar-refractivity contribution in [3.8, 4) is 0 Å². The van der Waals surface area contributed by atoms with E-state index >= 15 is 0 Å². The highest BCUT2D eigenvalue weighted by Crippen LogP contribution is 2.55. The van der Waals surface area contributed by atoms with Crippen molar-refractivity contribution in [2.24, 2.45) is 23.2 Å². The van der Waals surface area contributed by atoms with Crippen LogP contribution in [0.5, 0.6) is 0 Å². The highest BCUT2D eigenvalue weighted by atomic mass is 16.2. The summed E-state index contributed by atoms with van der Waals surface area (Å²) in [6, 6.07) is 8.82. The minimum atomic E-state index is -0.106. The molecular formula is C22H31NO. The van der Waals surface area contributed by atoms with Crippen molar-refractivity contribution in [1.29, 1.82) is 0 Å². The molecule has 2 bridgehead atoms. The van der Waals surface area contributed by atoms with Gasteiger partial charge in [0.15, 0.2) is 0 Å². The van der Waals surface area contributed by atoms with Crippen LogP contribution < -0.4 is 4.90 Å². The summed E-state index contributed by atoms with van der Waals surface area (Å²) >= 11 is 0. The second-order valence-corrected chi connectivity index (χ2v) is 9.20. The van der Waals surface area contributed by atoms with Crippen LogP contribution in [0.3, 0.4) is 0 Å². The Morgan fingerprint density at radius 3 is 2.29 bits per heavy atom. The Hall–Kier alpha value is -1.31. The zero-order chi connectivity index (χ0) is 17.1. The third-order valence-corrected chi connectivity index (χ3v) is 7.12. The van der Waals surface area contributed by atoms with E-state index in [1.807, 2.05) is 0 Å². The van der Waals surface area contributed by atoms with Gasteiger partial charge in [0.1, 0.15) is 0 Å². The Labute approximate surface area is 146 Å². The minimum Gasteiger partial charge on any atom is -0.308 e. The summed E-state index contributed by atoms with van der Waals surface area (Å²) in [6.45, 7) is 9.21. The molecule has 2 saturated carbocycles. The lowest BCUT2D eigenvalue weighted by Gasteiger charge is -2.50. The number of amides is 1. The molecule has 4 rings (SSSR count). The lowest BCUT2D eigenvalue weighted by Crippen LogP contribution is -2.52. The van der Waals surface area contributed by atoms with Crippen molar-refractivity contribution in [3.05, 3.63) is 29.8 Å². The molecule has 0 N–H and O–H groups in total. The van der Waals surface area contributed by atoms with Gasteiger partial charge in [-0.3, -0.25) is 4.79 Å². The van der Waals surface area contributed by atoms with Crippen LogP contribution >= 0.6 is 0 Å². The Bertz CT molecular complexity index is 632. The monoisotopic (exact) mass is 325 g/mol. The number of hydrogen-bond acceptors (Lipinski definition) is 1. The second kappa shape index (κ2) is 5.61. The summed E-state index contributed by atoms with van der Waals surface area (Å²) in [6.07, 6.45) is 5.95. The van der Waals surface area contributed by atoms with Crippen molar-refractivity contribution in [1.82, 2.24) is 0 Å². The van der Waals surface area contributed by atoms with Gasteiger partial charge in [-0.15, -0.1) is 0 Å². The molecule has 1 heterocycles. The van der Waals surface area contributed by atoms with Gasteiger partial charge in [0.2, 0.25) is 5.91 Å². The first kappa shape index (κ1) is 16.2. The summed E-state index contributed by atoms with van der Waals surface area (Å²) in [7, 11) is 0. The third-order valence-electron chi connectivity index (χ3n) is 7.12. The summed E-state index contributed by atoms with van der Waals surface area (Å²) in [5.74, 6) is 2.98. The molecule has 2 heteroatoms. The van der Waals surface area contributed by atoms with E-state index in [1.54, 1.807) is 0 Å². The third kappa shape index (κ3) is 2.33. The van der Waals surface area contributed by atoms with Crippen LogP contribution in [-0.4, -0.2) is 11.9 Å². The molecule has 6 atom stereocenters. The molecule has 0 saturated heterocycles. The van der Waals surface area contributed by atoms with Crippen molar-refractivity contribution in [2.75, 3.05) is 4.90 Å². The van der Waals surface area contributed by atoms with Crippen molar-refractivity contribution in [3.63, 3.8) is 0 Å². The number of anilines is 1. The molecule has 2 fully saturated rings. The Morgan fingerprint density at radius 2 is 1.62 bits per heavy atom. The van der Waals surface area contributed by atoms with E-state index in [-0.39, 0.29) is 11.5 Å². The lowest BCUT2D eigenvalue weighted by atomic mass is 9.56. The van der Waals surface area contributed by atoms with E-state index in [0.717, 1.165) is 25.2 Å². The maximum atomic E-state index is 13.9. The highest BCUT2D eigenvalue weighted by molar-refractivity contribution is 6.00. The molecule has 1 aliphatic heterocycles. The topological polar surface area (TPSA) is 20.3 Å². The van der Waals surface area contributed by atoms with Crippen LogP contribution in [0.4, 0.5) is 5.69 Å². The van der Waals surface area contributed by atoms with Gasteiger partial charge >= 0.3 is 0 Å². The molecule has 130 valence electrons. The molecule has 4 unspecified atom stereocenters. The second-order valence-electron chi connectivity index (χ2n) is 9.20. The predicted molar refractivity (Wildman–Crippen MR) is 99.1 cm³/mol. The fourth-order valence-electron chi connectivity index (χ4n) is 6.31. The van der Waals surface area contributed by atoms with E-state index in [2.05, 4.69) is 56.9 Å². The molecule has 1 amide bonds. The van der Waals surface area contributed by atoms with Gasteiger partial charge in [0.25, 0.3) is 0 Å². The number of carbonyl (C=O) groups is 1. The van der Waals surface area contributed by atoms with E-state index in [9.17, 15) is 4.79 Å². The maximum Gasteiger partial charge on any atom is 0.233 e. The zero-order valence-corrected chi connectivity index (χ0v) is 15.6. The maximum absolute atomic E-state index is 13.9. The van der Waals surface area contributed by atoms with E-state index in [4.69, 9.17) is 0 Å². The minimum absolute atomic E-state index is 0.106. The van der Waals surface area contributed by atoms with Crippen LogP contribution in [-0.2, 0) is 4.79 Å². The molecule has 0 aromatic heterocycles. The molecular weight excluding hydrogens is 294 g/mol. The number of carbonyl (C=O) groups excluding carboxylic acids is 1. The van der Waals surface area contributed by atoms with Gasteiger partial charge in [0.05, 0.1) is 5.41 Å². The van der Waals surface area contributed by atoms with Crippen molar-refractivity contribution >= 4 is 11.6 Å². The molecule has 3 aliphatic rings. The SMILES string of the molecule is CC1c2ccccc2N(C(=O)C23CC(C[C@@H](C)C2)C[C@H](C)C3)C1C. The molecule has 1 aromatic carbocycles. The first-order chi connectivity index (χ1) is 11.4. The standard InChI is InChI=1S/C22H31NO/c1-14-9-18-10-15(2)12-22(11-14,13-18)21(24)23-17(4)16(3)19-7-5-6-8-20(19)23/h5-8,14-18H,9-13H2,1-4H3/t14-,15+,16?,17?,18?,22?. The highest BCUT2D eigenvalue weighted by Gasteiger charge is 2.52. The summed E-state index contributed by atoms with van der Waals surface area (Å²) in [4.78, 5) is 16.0. The Balaban J connectivity index is 1.72. The van der Waals surface area contributed by atoms with Crippen LogP contribution in [0.1, 0.15) is 71.3 Å². The smallest absolute Gasteiger partial charge is 0.233 e. The van der Waals surface area contributed by atoms with Gasteiger partial charge in [-0.1, -0.05) is 39.0 Å². The normalized spacial score (nSPS) is 41.2. The van der Waals surface area contributed by atoms with E-state index in [1.165, 1.54) is 24.1 Å². The van der Waals surface area contributed by atoms with Crippen molar-refractivity contribution < 1.29 is 4.79 Å². The quantitative estimate of drug-likeness (QED) is 0.679. The van der Waals surface area contributed by atoms with Gasteiger partial charge in [-0.2, -0.15) is 0 Å². The van der Waals surface area contributed by atoms with Crippen LogP contribution in [0.15, 0.2) is 24.3 Å². The molecule has 2 nitrogen and oxygen atoms in total. The van der Waals surface area contributed by atoms with Crippen LogP contribution in [0.2, 0.25) is 0 Å². The fraction of sp³-hybridized carbons (Fsp3) is 0.682. The van der Waals surface area contributed by atoms with Gasteiger partial charge in [-0.05, 0) is 68.4 Å². The lowest BCUT2D eigenvalue weighted by molar-refractivity contribution is -0.137. The average Bonchev–Trinajstić information content (AvgIpc) is 2.77. The first-order valence-electron chi connectivity index (χ1n) is 9.84. The largest absolute Gasteiger partial charge is 0.308 e. The summed E-state index contributed by atoms with van der Waals surface area (Å²) < 4.78 is 0. The number of fused-ring (bicyclic) bond motifs is 3. The van der Waals surface area contributed by atoms with Gasteiger partial charge in [0, 0.05) is 17.6 Å². The fourth-order valence-corrected chi connectivity index (χ4v) is 6.31. The Kier molecular flexibility index (Phi) is 3.78. The number of para-hydroxylation sites is 1. The van der Waals surface area contributed by atoms with E-state index < -0.39 is 0 Å². The molecule has 0 spiro atoms. The van der Waals surface area contributed by atoms with Crippen LogP contribution in [0, 0.1) is 23.2 Å². The predicted octanol–water partition coefficient (Wildman–Crippen LogP) is 5.38. The van der Waals surface area contributed by atoms with Gasteiger partial charge < -0.3 is 4.90 Å². The molecule has 2 aliphatic carbocycles. The van der Waals surface area contributed by atoms with Crippen LogP contribution in [0.25, 0.3) is 0 Å². The summed E-state index contributed by atoms with van der Waals surface area (Å²) in [5, 5.41) is 0. The molecule has 1 aromatic rings.